The number of carbonyl (C=O) groups excluding carboxylic acids is 3. The molecule has 0 saturated heterocycles. The number of hydrogen-bond acceptors (Lipinski definition) is 5. The van der Waals surface area contributed by atoms with Crippen molar-refractivity contribution in [2.45, 2.75) is 77.7 Å². The Hall–Kier alpha value is -2.42. The Morgan fingerprint density at radius 1 is 1.21 bits per heavy atom. The van der Waals surface area contributed by atoms with Gasteiger partial charge in [0.2, 0.25) is 5.91 Å². The average molecular weight is 451 g/mol. The highest BCUT2D eigenvalue weighted by molar-refractivity contribution is 6.03. The fourth-order valence-electron chi connectivity index (χ4n) is 6.69. The summed E-state index contributed by atoms with van der Waals surface area (Å²) >= 11 is 0. The number of ether oxygens (including phenoxy) is 1. The minimum absolute atomic E-state index is 0.0101. The van der Waals surface area contributed by atoms with Gasteiger partial charge in [-0.15, -0.1) is 0 Å². The predicted molar refractivity (Wildman–Crippen MR) is 121 cm³/mol. The van der Waals surface area contributed by atoms with Crippen LogP contribution in [0, 0.1) is 46.3 Å². The Morgan fingerprint density at radius 2 is 1.94 bits per heavy atom. The number of amides is 2. The fraction of sp³-hybridized carbons (Fsp3) is 0.704. The van der Waals surface area contributed by atoms with Gasteiger partial charge in [0.05, 0.1) is 12.0 Å². The first kappa shape index (κ1) is 22.4. The normalized spacial score (nSPS) is 35.9. The zero-order chi connectivity index (χ0) is 23.3. The van der Waals surface area contributed by atoms with E-state index in [1.54, 1.807) is 6.08 Å². The first-order valence-electron chi connectivity index (χ1n) is 12.7. The summed E-state index contributed by atoms with van der Waals surface area (Å²) in [7, 11) is 0. The highest BCUT2D eigenvalue weighted by Gasteiger charge is 2.55. The zero-order valence-corrected chi connectivity index (χ0v) is 19.7. The van der Waals surface area contributed by atoms with E-state index in [9.17, 15) is 19.6 Å². The van der Waals surface area contributed by atoms with Gasteiger partial charge in [-0.25, -0.2) is 0 Å². The van der Waals surface area contributed by atoms with Crippen LogP contribution in [-0.4, -0.2) is 35.3 Å². The Labute approximate surface area is 196 Å². The van der Waals surface area contributed by atoms with E-state index in [4.69, 9.17) is 4.74 Å². The van der Waals surface area contributed by atoms with Gasteiger partial charge in [0.15, 0.2) is 0 Å². The summed E-state index contributed by atoms with van der Waals surface area (Å²) in [4.78, 5) is 40.0. The van der Waals surface area contributed by atoms with Crippen molar-refractivity contribution in [3.8, 4) is 6.07 Å². The number of imide groups is 1. The Morgan fingerprint density at radius 3 is 2.61 bits per heavy atom. The van der Waals surface area contributed by atoms with Crippen molar-refractivity contribution in [2.24, 2.45) is 35.0 Å². The maximum Gasteiger partial charge on any atom is 0.309 e. The van der Waals surface area contributed by atoms with E-state index in [0.717, 1.165) is 50.5 Å². The molecular formula is C27H34N2O4. The number of carbonyl (C=O) groups is 3. The van der Waals surface area contributed by atoms with E-state index < -0.39 is 0 Å². The van der Waals surface area contributed by atoms with Gasteiger partial charge in [-0.3, -0.25) is 19.3 Å². The molecule has 0 aromatic carbocycles. The number of esters is 1. The Kier molecular flexibility index (Phi) is 5.71. The summed E-state index contributed by atoms with van der Waals surface area (Å²) in [6.07, 6.45) is 10.8. The van der Waals surface area contributed by atoms with Gasteiger partial charge in [0.1, 0.15) is 6.10 Å². The van der Waals surface area contributed by atoms with Gasteiger partial charge >= 0.3 is 5.97 Å². The Bertz CT molecular complexity index is 967. The van der Waals surface area contributed by atoms with Crippen molar-refractivity contribution in [3.63, 3.8) is 0 Å². The third-order valence-electron chi connectivity index (χ3n) is 8.90. The second kappa shape index (κ2) is 8.42. The molecule has 1 heterocycles. The number of nitrogens with zero attached hydrogens (tertiary/aromatic N) is 2. The smallest absolute Gasteiger partial charge is 0.309 e. The molecule has 3 saturated carbocycles. The van der Waals surface area contributed by atoms with Gasteiger partial charge < -0.3 is 4.74 Å². The van der Waals surface area contributed by atoms with Crippen molar-refractivity contribution >= 4 is 17.8 Å². The van der Waals surface area contributed by atoms with Crippen molar-refractivity contribution in [3.05, 3.63) is 23.3 Å². The van der Waals surface area contributed by atoms with Crippen LogP contribution in [0.15, 0.2) is 23.3 Å². The minimum Gasteiger partial charge on any atom is -0.458 e. The molecule has 4 aliphatic carbocycles. The van der Waals surface area contributed by atoms with Gasteiger partial charge in [-0.05, 0) is 81.6 Å². The third kappa shape index (κ3) is 4.05. The molecule has 6 heteroatoms. The Balaban J connectivity index is 1.49. The quantitative estimate of drug-likeness (QED) is 0.354. The predicted octanol–water partition coefficient (Wildman–Crippen LogP) is 4.32. The second-order valence-corrected chi connectivity index (χ2v) is 11.1. The molecule has 5 rings (SSSR count). The van der Waals surface area contributed by atoms with Crippen molar-refractivity contribution < 1.29 is 19.1 Å². The van der Waals surface area contributed by atoms with Crippen LogP contribution in [-0.2, 0) is 19.1 Å². The molecule has 3 fully saturated rings. The van der Waals surface area contributed by atoms with E-state index in [0.29, 0.717) is 25.3 Å². The molecule has 0 aromatic heterocycles. The topological polar surface area (TPSA) is 87.5 Å². The van der Waals surface area contributed by atoms with Crippen molar-refractivity contribution in [2.75, 3.05) is 6.54 Å². The molecule has 0 radical (unpaired) electrons. The van der Waals surface area contributed by atoms with Crippen LogP contribution in [0.5, 0.6) is 0 Å². The van der Waals surface area contributed by atoms with Crippen LogP contribution in [0.2, 0.25) is 0 Å². The first-order chi connectivity index (χ1) is 15.8. The van der Waals surface area contributed by atoms with Gasteiger partial charge in [-0.2, -0.15) is 5.26 Å². The van der Waals surface area contributed by atoms with Gasteiger partial charge in [0.25, 0.3) is 5.91 Å². The van der Waals surface area contributed by atoms with Gasteiger partial charge in [0, 0.05) is 30.9 Å². The monoisotopic (exact) mass is 450 g/mol. The largest absolute Gasteiger partial charge is 0.458 e. The molecule has 5 unspecified atom stereocenters. The fourth-order valence-corrected chi connectivity index (χ4v) is 6.69. The second-order valence-electron chi connectivity index (χ2n) is 11.1. The van der Waals surface area contributed by atoms with Crippen LogP contribution < -0.4 is 0 Å². The lowest BCUT2D eigenvalue weighted by Crippen LogP contribution is -2.51. The van der Waals surface area contributed by atoms with E-state index in [2.05, 4.69) is 26.0 Å². The maximum absolute atomic E-state index is 13.1. The SMILES string of the molecule is CC1=CC(OC(=O)C2CC2)C2C(CCC3=CC(=O)N(C(=O)C4CC4)CCC32C)C1CCC#N. The molecule has 2 amide bonds. The molecular weight excluding hydrogens is 416 g/mol. The van der Waals surface area contributed by atoms with Gasteiger partial charge in [-0.1, -0.05) is 18.1 Å². The van der Waals surface area contributed by atoms with Crippen LogP contribution in [0.3, 0.4) is 0 Å². The first-order valence-corrected chi connectivity index (χ1v) is 12.7. The lowest BCUT2D eigenvalue weighted by molar-refractivity contribution is -0.156. The zero-order valence-electron chi connectivity index (χ0n) is 19.7. The summed E-state index contributed by atoms with van der Waals surface area (Å²) in [5.41, 5.74) is 1.99. The summed E-state index contributed by atoms with van der Waals surface area (Å²) in [5.74, 6) is 0.357. The lowest BCUT2D eigenvalue weighted by atomic mass is 9.51. The van der Waals surface area contributed by atoms with Crippen LogP contribution in [0.1, 0.15) is 71.6 Å². The molecule has 176 valence electrons. The number of fused-ring (bicyclic) bond motifs is 3. The standard InChI is InChI=1S/C27H34N2O4/c1-16-14-22(33-26(32)18-7-8-18)24-21(20(16)4-3-12-28)10-9-19-15-23(30)29(13-11-27(19,24)2)25(31)17-5-6-17/h14-15,17-18,20-22,24H,3-11,13H2,1-2H3. The summed E-state index contributed by atoms with van der Waals surface area (Å²) in [6.45, 7) is 4.74. The van der Waals surface area contributed by atoms with E-state index in [1.165, 1.54) is 10.5 Å². The van der Waals surface area contributed by atoms with Crippen LogP contribution in [0.25, 0.3) is 0 Å². The van der Waals surface area contributed by atoms with E-state index in [1.807, 2.05) is 0 Å². The molecule has 0 bridgehead atoms. The minimum atomic E-state index is -0.326. The van der Waals surface area contributed by atoms with Crippen LogP contribution in [0.4, 0.5) is 0 Å². The number of hydrogen-bond donors (Lipinski definition) is 0. The molecule has 0 spiro atoms. The lowest BCUT2D eigenvalue weighted by Gasteiger charge is -2.54. The highest BCUT2D eigenvalue weighted by Crippen LogP contribution is 2.58. The molecule has 5 atom stereocenters. The summed E-state index contributed by atoms with van der Waals surface area (Å²) in [6, 6.07) is 2.30. The number of nitriles is 1. The molecule has 1 aliphatic heterocycles. The highest BCUT2D eigenvalue weighted by atomic mass is 16.5. The molecule has 5 aliphatic rings. The average Bonchev–Trinajstić information content (AvgIpc) is 3.66. The molecule has 6 nitrogen and oxygen atoms in total. The van der Waals surface area contributed by atoms with E-state index in [-0.39, 0.29) is 53.0 Å². The van der Waals surface area contributed by atoms with Crippen molar-refractivity contribution in [1.82, 2.24) is 4.90 Å². The molecule has 33 heavy (non-hydrogen) atoms. The third-order valence-corrected chi connectivity index (χ3v) is 8.90. The molecule has 0 aromatic rings. The maximum atomic E-state index is 13.1. The van der Waals surface area contributed by atoms with Crippen LogP contribution >= 0.6 is 0 Å². The summed E-state index contributed by atoms with van der Waals surface area (Å²) in [5, 5.41) is 9.23. The van der Waals surface area contributed by atoms with E-state index >= 15 is 0 Å². The summed E-state index contributed by atoms with van der Waals surface area (Å²) < 4.78 is 6.14. The number of allylic oxidation sites excluding steroid dienone is 2. The molecule has 0 N–H and O–H groups in total. The number of rotatable bonds is 5. The van der Waals surface area contributed by atoms with Crippen molar-refractivity contribution in [1.29, 1.82) is 5.26 Å².